The molecule has 0 fully saturated rings. The second-order valence-corrected chi connectivity index (χ2v) is 18.6. The highest BCUT2D eigenvalue weighted by atomic mass is 16.5. The van der Waals surface area contributed by atoms with E-state index in [1.54, 1.807) is 0 Å². The van der Waals surface area contributed by atoms with Crippen molar-refractivity contribution >= 4 is 11.9 Å². The van der Waals surface area contributed by atoms with Gasteiger partial charge in [-0.2, -0.15) is 0 Å². The number of ether oxygens (including phenoxy) is 1. The van der Waals surface area contributed by atoms with Gasteiger partial charge in [-0.05, 0) is 77.0 Å². The monoisotopic (exact) mass is 860 g/mol. The van der Waals surface area contributed by atoms with Crippen LogP contribution in [0.2, 0.25) is 0 Å². The van der Waals surface area contributed by atoms with Crippen molar-refractivity contribution in [2.75, 3.05) is 13.2 Å². The first kappa shape index (κ1) is 59.3. The summed E-state index contributed by atoms with van der Waals surface area (Å²) in [6.07, 6.45) is 60.2. The van der Waals surface area contributed by atoms with E-state index in [0.29, 0.717) is 25.9 Å². The Balaban J connectivity index is 3.42. The van der Waals surface area contributed by atoms with Crippen LogP contribution >= 0.6 is 0 Å². The molecule has 6 heteroatoms. The summed E-state index contributed by atoms with van der Waals surface area (Å²) in [6.45, 7) is 4.92. The lowest BCUT2D eigenvalue weighted by atomic mass is 10.0. The molecule has 0 saturated carbocycles. The van der Waals surface area contributed by atoms with E-state index in [2.05, 4.69) is 43.5 Å². The Bertz CT molecular complexity index is 951. The van der Waals surface area contributed by atoms with Crippen molar-refractivity contribution in [3.8, 4) is 0 Å². The van der Waals surface area contributed by atoms with E-state index >= 15 is 0 Å². The van der Waals surface area contributed by atoms with Crippen LogP contribution in [-0.4, -0.2) is 47.4 Å². The smallest absolute Gasteiger partial charge is 0.305 e. The maximum absolute atomic E-state index is 12.4. The van der Waals surface area contributed by atoms with Crippen molar-refractivity contribution in [1.82, 2.24) is 5.32 Å². The summed E-state index contributed by atoms with van der Waals surface area (Å²) in [7, 11) is 0. The highest BCUT2D eigenvalue weighted by Gasteiger charge is 2.20. The molecule has 0 bridgehead atoms. The van der Waals surface area contributed by atoms with Crippen molar-refractivity contribution in [3.63, 3.8) is 0 Å². The summed E-state index contributed by atoms with van der Waals surface area (Å²) < 4.78 is 5.46. The normalized spacial score (nSPS) is 12.8. The van der Waals surface area contributed by atoms with Crippen LogP contribution in [0.15, 0.2) is 24.3 Å². The molecule has 0 rings (SSSR count). The maximum Gasteiger partial charge on any atom is 0.305 e. The zero-order valence-corrected chi connectivity index (χ0v) is 40.9. The zero-order chi connectivity index (χ0) is 44.4. The van der Waals surface area contributed by atoms with Crippen molar-refractivity contribution < 1.29 is 24.5 Å². The number of unbranched alkanes of at least 4 members (excludes halogenated alkanes) is 35. The van der Waals surface area contributed by atoms with Gasteiger partial charge in [0.25, 0.3) is 0 Å². The molecule has 2 unspecified atom stereocenters. The fourth-order valence-corrected chi connectivity index (χ4v) is 8.28. The lowest BCUT2D eigenvalue weighted by Gasteiger charge is -2.22. The predicted molar refractivity (Wildman–Crippen MR) is 264 cm³/mol. The lowest BCUT2D eigenvalue weighted by molar-refractivity contribution is -0.143. The van der Waals surface area contributed by atoms with Gasteiger partial charge in [0.2, 0.25) is 5.91 Å². The number of aliphatic hydroxyl groups is 2. The summed E-state index contributed by atoms with van der Waals surface area (Å²) in [4.78, 5) is 24.4. The molecular weight excluding hydrogens is 755 g/mol. The topological polar surface area (TPSA) is 95.9 Å². The molecule has 1 amide bonds. The van der Waals surface area contributed by atoms with Gasteiger partial charge in [0.1, 0.15) is 0 Å². The van der Waals surface area contributed by atoms with E-state index in [1.165, 1.54) is 212 Å². The minimum Gasteiger partial charge on any atom is -0.466 e. The largest absolute Gasteiger partial charge is 0.466 e. The number of rotatable bonds is 50. The first-order valence-electron chi connectivity index (χ1n) is 27.1. The number of carbonyl (C=O) groups excluding carboxylic acids is 2. The molecule has 2 atom stereocenters. The van der Waals surface area contributed by atoms with Gasteiger partial charge < -0.3 is 20.3 Å². The third-order valence-corrected chi connectivity index (χ3v) is 12.5. The Morgan fingerprint density at radius 2 is 0.770 bits per heavy atom. The standard InChI is InChI=1S/C55H105NO5/c1-3-5-7-9-11-13-15-24-29-33-37-41-45-49-55(60)61-50-46-42-38-34-30-26-23-21-19-17-16-18-20-22-25-28-32-36-40-44-48-54(59)56-52(51-57)53(58)47-43-39-35-31-27-14-12-10-8-6-4-2/h13,15-16,18,52-53,57-58H,3-12,14,17,19-51H2,1-2H3,(H,56,59)/b15-13-,18-16-. The van der Waals surface area contributed by atoms with Gasteiger partial charge in [-0.3, -0.25) is 9.59 Å². The van der Waals surface area contributed by atoms with Gasteiger partial charge >= 0.3 is 5.97 Å². The third-order valence-electron chi connectivity index (χ3n) is 12.5. The van der Waals surface area contributed by atoms with Crippen LogP contribution in [0.1, 0.15) is 290 Å². The highest BCUT2D eigenvalue weighted by Crippen LogP contribution is 2.16. The molecule has 61 heavy (non-hydrogen) atoms. The number of nitrogens with one attached hydrogen (secondary N) is 1. The van der Waals surface area contributed by atoms with Crippen molar-refractivity contribution in [3.05, 3.63) is 24.3 Å². The number of amides is 1. The van der Waals surface area contributed by atoms with Crippen LogP contribution in [0.5, 0.6) is 0 Å². The molecule has 360 valence electrons. The average molecular weight is 860 g/mol. The van der Waals surface area contributed by atoms with Gasteiger partial charge in [-0.15, -0.1) is 0 Å². The van der Waals surface area contributed by atoms with Crippen LogP contribution in [-0.2, 0) is 14.3 Å². The quantitative estimate of drug-likeness (QED) is 0.0322. The van der Waals surface area contributed by atoms with E-state index in [-0.39, 0.29) is 18.5 Å². The molecule has 0 spiro atoms. The van der Waals surface area contributed by atoms with Crippen LogP contribution < -0.4 is 5.32 Å². The molecule has 0 aromatic carbocycles. The number of allylic oxidation sites excluding steroid dienone is 4. The van der Waals surface area contributed by atoms with Crippen LogP contribution in [0.25, 0.3) is 0 Å². The number of aliphatic hydroxyl groups excluding tert-OH is 2. The molecule has 0 aliphatic heterocycles. The van der Waals surface area contributed by atoms with Crippen molar-refractivity contribution in [1.29, 1.82) is 0 Å². The van der Waals surface area contributed by atoms with E-state index in [4.69, 9.17) is 4.74 Å². The molecule has 0 aliphatic rings. The van der Waals surface area contributed by atoms with Crippen LogP contribution in [0.4, 0.5) is 0 Å². The molecule has 6 nitrogen and oxygen atoms in total. The Kier molecular flexibility index (Phi) is 49.6. The Labute approximate surface area is 380 Å². The molecule has 0 aliphatic carbocycles. The van der Waals surface area contributed by atoms with E-state index in [9.17, 15) is 19.8 Å². The summed E-state index contributed by atoms with van der Waals surface area (Å²) >= 11 is 0. The van der Waals surface area contributed by atoms with Gasteiger partial charge in [-0.25, -0.2) is 0 Å². The van der Waals surface area contributed by atoms with E-state index < -0.39 is 12.1 Å². The Morgan fingerprint density at radius 3 is 1.18 bits per heavy atom. The van der Waals surface area contributed by atoms with Crippen LogP contribution in [0, 0.1) is 0 Å². The second-order valence-electron chi connectivity index (χ2n) is 18.6. The molecule has 0 radical (unpaired) electrons. The molecule has 0 heterocycles. The predicted octanol–water partition coefficient (Wildman–Crippen LogP) is 16.3. The van der Waals surface area contributed by atoms with Gasteiger partial charge in [0.15, 0.2) is 0 Å². The minimum atomic E-state index is -0.668. The average Bonchev–Trinajstić information content (AvgIpc) is 3.26. The lowest BCUT2D eigenvalue weighted by Crippen LogP contribution is -2.45. The summed E-state index contributed by atoms with van der Waals surface area (Å²) in [5, 5.41) is 23.1. The summed E-state index contributed by atoms with van der Waals surface area (Å²) in [6, 6.07) is -0.546. The molecule has 0 aromatic rings. The van der Waals surface area contributed by atoms with Crippen LogP contribution in [0.3, 0.4) is 0 Å². The highest BCUT2D eigenvalue weighted by molar-refractivity contribution is 5.76. The fraction of sp³-hybridized carbons (Fsp3) is 0.891. The fourth-order valence-electron chi connectivity index (χ4n) is 8.28. The number of hydrogen-bond acceptors (Lipinski definition) is 5. The molecule has 0 saturated heterocycles. The summed E-state index contributed by atoms with van der Waals surface area (Å²) in [5.41, 5.74) is 0. The Morgan fingerprint density at radius 1 is 0.443 bits per heavy atom. The zero-order valence-electron chi connectivity index (χ0n) is 40.9. The van der Waals surface area contributed by atoms with E-state index in [1.807, 2.05) is 0 Å². The summed E-state index contributed by atoms with van der Waals surface area (Å²) in [5.74, 6) is -0.0481. The van der Waals surface area contributed by atoms with Gasteiger partial charge in [0, 0.05) is 12.8 Å². The molecule has 0 aromatic heterocycles. The van der Waals surface area contributed by atoms with Gasteiger partial charge in [-0.1, -0.05) is 224 Å². The second kappa shape index (κ2) is 51.0. The third kappa shape index (κ3) is 47.7. The van der Waals surface area contributed by atoms with Crippen molar-refractivity contribution in [2.24, 2.45) is 0 Å². The molecular formula is C55H105NO5. The van der Waals surface area contributed by atoms with Gasteiger partial charge in [0.05, 0.1) is 25.4 Å². The van der Waals surface area contributed by atoms with E-state index in [0.717, 1.165) is 44.9 Å². The maximum atomic E-state index is 12.4. The van der Waals surface area contributed by atoms with Crippen molar-refractivity contribution in [2.45, 2.75) is 302 Å². The SMILES string of the molecule is CCCCCC/C=C\CCCCCCCC(=O)OCCCCCCCCCCC/C=C\CCCCCCCCCC(=O)NC(CO)C(O)CCCCCCCCCCCCC. The minimum absolute atomic E-state index is 0.00329. The number of esters is 1. The number of hydrogen-bond donors (Lipinski definition) is 3. The molecule has 3 N–H and O–H groups in total. The first-order chi connectivity index (χ1) is 30.0. The first-order valence-corrected chi connectivity index (χ1v) is 27.1. The number of carbonyl (C=O) groups is 2. The Hall–Kier alpha value is -1.66.